The van der Waals surface area contributed by atoms with Gasteiger partial charge in [-0.15, -0.1) is 0 Å². The monoisotopic (exact) mass is 202 g/mol. The van der Waals surface area contributed by atoms with Gasteiger partial charge in [-0.3, -0.25) is 9.59 Å². The summed E-state index contributed by atoms with van der Waals surface area (Å²) in [5, 5.41) is 0.778. The molecule has 0 aliphatic heterocycles. The fourth-order valence-electron chi connectivity index (χ4n) is 1.46. The third-order valence-electron chi connectivity index (χ3n) is 2.21. The highest BCUT2D eigenvalue weighted by Crippen LogP contribution is 2.10. The van der Waals surface area contributed by atoms with Crippen LogP contribution in [0.2, 0.25) is 0 Å². The number of rotatable bonds is 1. The summed E-state index contributed by atoms with van der Waals surface area (Å²) in [5.74, 6) is -0.236. The Morgan fingerprint density at radius 3 is 2.80 bits per heavy atom. The van der Waals surface area contributed by atoms with Crippen LogP contribution in [0, 0.1) is 6.92 Å². The van der Waals surface area contributed by atoms with Crippen molar-refractivity contribution >= 4 is 16.8 Å². The van der Waals surface area contributed by atoms with Crippen molar-refractivity contribution in [2.75, 3.05) is 0 Å². The third kappa shape index (κ3) is 1.66. The van der Waals surface area contributed by atoms with Crippen LogP contribution in [0.3, 0.4) is 0 Å². The first-order chi connectivity index (χ1) is 7.08. The summed E-state index contributed by atoms with van der Waals surface area (Å²) in [6.45, 7) is 3.28. The van der Waals surface area contributed by atoms with Crippen molar-refractivity contribution in [1.29, 1.82) is 0 Å². The second-order valence-electron chi connectivity index (χ2n) is 3.52. The van der Waals surface area contributed by atoms with E-state index in [2.05, 4.69) is 9.97 Å². The number of fused-ring (bicyclic) bond motifs is 1. The molecule has 0 bridgehead atoms. The highest BCUT2D eigenvalue weighted by molar-refractivity contribution is 5.96. The van der Waals surface area contributed by atoms with Gasteiger partial charge in [-0.2, -0.15) is 0 Å². The van der Waals surface area contributed by atoms with E-state index in [1.807, 2.05) is 13.0 Å². The molecule has 0 aliphatic rings. The highest BCUT2D eigenvalue weighted by atomic mass is 16.1. The van der Waals surface area contributed by atoms with Crippen molar-refractivity contribution in [3.05, 3.63) is 39.8 Å². The summed E-state index contributed by atoms with van der Waals surface area (Å²) in [6, 6.07) is 3.46. The summed E-state index contributed by atoms with van der Waals surface area (Å²) >= 11 is 0. The van der Waals surface area contributed by atoms with E-state index in [1.165, 1.54) is 6.92 Å². The number of aromatic amines is 1. The standard InChI is InChI=1S/C11H10N2O2/c1-6-3-8-4-9(7(2)14)11(15)13-10(8)12-5-6/h3-5H,1-2H3,(H,12,13,15). The van der Waals surface area contributed by atoms with E-state index in [0.717, 1.165) is 10.9 Å². The van der Waals surface area contributed by atoms with Gasteiger partial charge in [0.25, 0.3) is 5.56 Å². The number of pyridine rings is 2. The molecule has 0 atom stereocenters. The Labute approximate surface area is 86.0 Å². The molecule has 0 saturated heterocycles. The maximum atomic E-state index is 11.4. The predicted molar refractivity (Wildman–Crippen MR) is 57.1 cm³/mol. The average Bonchev–Trinajstić information content (AvgIpc) is 2.17. The first-order valence-electron chi connectivity index (χ1n) is 4.58. The quantitative estimate of drug-likeness (QED) is 0.711. The van der Waals surface area contributed by atoms with Crippen molar-refractivity contribution in [1.82, 2.24) is 9.97 Å². The first kappa shape index (κ1) is 9.58. The molecule has 15 heavy (non-hydrogen) atoms. The number of carbonyl (C=O) groups is 1. The van der Waals surface area contributed by atoms with Gasteiger partial charge in [-0.1, -0.05) is 0 Å². The van der Waals surface area contributed by atoms with Gasteiger partial charge in [-0.05, 0) is 31.5 Å². The van der Waals surface area contributed by atoms with Crippen molar-refractivity contribution in [3.8, 4) is 0 Å². The number of H-pyrrole nitrogens is 1. The summed E-state index contributed by atoms with van der Waals surface area (Å²) in [4.78, 5) is 29.3. The summed E-state index contributed by atoms with van der Waals surface area (Å²) in [5.41, 5.74) is 1.29. The number of hydrogen-bond donors (Lipinski definition) is 1. The van der Waals surface area contributed by atoms with E-state index < -0.39 is 0 Å². The molecule has 0 radical (unpaired) electrons. The zero-order valence-electron chi connectivity index (χ0n) is 8.50. The first-order valence-corrected chi connectivity index (χ1v) is 4.58. The van der Waals surface area contributed by atoms with Crippen LogP contribution in [0.4, 0.5) is 0 Å². The molecular formula is C11H10N2O2. The molecule has 0 unspecified atom stereocenters. The highest BCUT2D eigenvalue weighted by Gasteiger charge is 2.07. The van der Waals surface area contributed by atoms with Crippen LogP contribution in [-0.4, -0.2) is 15.8 Å². The minimum absolute atomic E-state index is 0.176. The second-order valence-corrected chi connectivity index (χ2v) is 3.52. The summed E-state index contributed by atoms with van der Waals surface area (Å²) < 4.78 is 0. The SMILES string of the molecule is CC(=O)c1cc2cc(C)cnc2[nH]c1=O. The minimum atomic E-state index is -0.383. The molecule has 2 aromatic rings. The van der Waals surface area contributed by atoms with Gasteiger partial charge in [0.2, 0.25) is 0 Å². The van der Waals surface area contributed by atoms with Crippen molar-refractivity contribution in [2.24, 2.45) is 0 Å². The molecule has 4 heteroatoms. The van der Waals surface area contributed by atoms with E-state index in [-0.39, 0.29) is 16.9 Å². The van der Waals surface area contributed by atoms with Gasteiger partial charge in [-0.25, -0.2) is 4.98 Å². The number of ketones is 1. The average molecular weight is 202 g/mol. The van der Waals surface area contributed by atoms with Gasteiger partial charge < -0.3 is 4.98 Å². The lowest BCUT2D eigenvalue weighted by molar-refractivity contribution is 0.101. The molecule has 0 aliphatic carbocycles. The molecule has 0 spiro atoms. The Morgan fingerprint density at radius 2 is 2.13 bits per heavy atom. The Morgan fingerprint density at radius 1 is 1.40 bits per heavy atom. The summed E-state index contributed by atoms with van der Waals surface area (Å²) in [6.07, 6.45) is 1.67. The number of aromatic nitrogens is 2. The molecule has 2 aromatic heterocycles. The fraction of sp³-hybridized carbons (Fsp3) is 0.182. The molecular weight excluding hydrogens is 192 g/mol. The van der Waals surface area contributed by atoms with E-state index in [0.29, 0.717) is 5.65 Å². The van der Waals surface area contributed by atoms with Crippen LogP contribution in [-0.2, 0) is 0 Å². The fourth-order valence-corrected chi connectivity index (χ4v) is 1.46. The Bertz CT molecular complexity index is 599. The van der Waals surface area contributed by atoms with Crippen molar-refractivity contribution in [3.63, 3.8) is 0 Å². The number of Topliss-reactive ketones (excluding diaryl/α,β-unsaturated/α-hetero) is 1. The summed E-state index contributed by atoms with van der Waals surface area (Å²) in [7, 11) is 0. The van der Waals surface area contributed by atoms with Gasteiger partial charge in [0.05, 0.1) is 5.56 Å². The lowest BCUT2D eigenvalue weighted by Gasteiger charge is -2.00. The maximum absolute atomic E-state index is 11.4. The number of carbonyl (C=O) groups excluding carboxylic acids is 1. The molecule has 0 fully saturated rings. The molecule has 76 valence electrons. The number of aryl methyl sites for hydroxylation is 1. The van der Waals surface area contributed by atoms with Gasteiger partial charge in [0.15, 0.2) is 5.78 Å². The largest absolute Gasteiger partial charge is 0.306 e. The zero-order chi connectivity index (χ0) is 11.0. The number of nitrogens with one attached hydrogen (secondary N) is 1. The Balaban J connectivity index is 2.83. The van der Waals surface area contributed by atoms with Crippen LogP contribution >= 0.6 is 0 Å². The maximum Gasteiger partial charge on any atom is 0.260 e. The number of nitrogens with zero attached hydrogens (tertiary/aromatic N) is 1. The molecule has 2 heterocycles. The van der Waals surface area contributed by atoms with Crippen LogP contribution in [0.5, 0.6) is 0 Å². The third-order valence-corrected chi connectivity index (χ3v) is 2.21. The van der Waals surface area contributed by atoms with Gasteiger partial charge in [0.1, 0.15) is 5.65 Å². The molecule has 2 rings (SSSR count). The molecule has 0 aromatic carbocycles. The van der Waals surface area contributed by atoms with Gasteiger partial charge in [0, 0.05) is 11.6 Å². The van der Waals surface area contributed by atoms with E-state index in [1.54, 1.807) is 12.3 Å². The Kier molecular flexibility index (Phi) is 2.11. The molecule has 0 amide bonds. The Hall–Kier alpha value is -1.97. The van der Waals surface area contributed by atoms with Crippen LogP contribution < -0.4 is 5.56 Å². The van der Waals surface area contributed by atoms with Crippen LogP contribution in [0.1, 0.15) is 22.8 Å². The second kappa shape index (κ2) is 3.31. The van der Waals surface area contributed by atoms with Crippen molar-refractivity contribution < 1.29 is 4.79 Å². The predicted octanol–water partition coefficient (Wildman–Crippen LogP) is 1.43. The lowest BCUT2D eigenvalue weighted by Crippen LogP contribution is -2.15. The van der Waals surface area contributed by atoms with Crippen LogP contribution in [0.25, 0.3) is 11.0 Å². The van der Waals surface area contributed by atoms with Crippen molar-refractivity contribution in [2.45, 2.75) is 13.8 Å². The molecule has 0 saturated carbocycles. The number of hydrogen-bond acceptors (Lipinski definition) is 3. The van der Waals surface area contributed by atoms with E-state index in [4.69, 9.17) is 0 Å². The lowest BCUT2D eigenvalue weighted by atomic mass is 10.1. The van der Waals surface area contributed by atoms with Gasteiger partial charge >= 0.3 is 0 Å². The van der Waals surface area contributed by atoms with E-state index >= 15 is 0 Å². The zero-order valence-corrected chi connectivity index (χ0v) is 8.50. The minimum Gasteiger partial charge on any atom is -0.306 e. The normalized spacial score (nSPS) is 10.5. The molecule has 1 N–H and O–H groups in total. The van der Waals surface area contributed by atoms with Crippen LogP contribution in [0.15, 0.2) is 23.1 Å². The topological polar surface area (TPSA) is 62.8 Å². The molecule has 4 nitrogen and oxygen atoms in total. The smallest absolute Gasteiger partial charge is 0.260 e. The van der Waals surface area contributed by atoms with E-state index in [9.17, 15) is 9.59 Å².